The van der Waals surface area contributed by atoms with E-state index < -0.39 is 10.0 Å². The van der Waals surface area contributed by atoms with Crippen LogP contribution < -0.4 is 20.7 Å². The summed E-state index contributed by atoms with van der Waals surface area (Å²) in [5.41, 5.74) is 0.656. The number of carbonyl (C=O) groups is 1. The largest absolute Gasteiger partial charge is 0.354 e. The molecule has 0 fully saturated rings. The fourth-order valence-electron chi connectivity index (χ4n) is 2.69. The normalized spacial score (nSPS) is 10.9. The van der Waals surface area contributed by atoms with Gasteiger partial charge in [0.05, 0.1) is 4.90 Å². The number of halogens is 1. The van der Waals surface area contributed by atoms with Crippen molar-refractivity contribution in [1.82, 2.24) is 20.3 Å². The molecule has 1 amide bonds. The van der Waals surface area contributed by atoms with Gasteiger partial charge in [-0.3, -0.25) is 9.52 Å². The fourth-order valence-corrected chi connectivity index (χ4v) is 3.83. The molecule has 33 heavy (non-hydrogen) atoms. The number of nitrogens with zero attached hydrogens (tertiary/aromatic N) is 3. The molecule has 2 heterocycles. The van der Waals surface area contributed by atoms with E-state index in [0.717, 1.165) is 0 Å². The third-order valence-electron chi connectivity index (χ3n) is 4.26. The Morgan fingerprint density at radius 2 is 1.76 bits per heavy atom. The summed E-state index contributed by atoms with van der Waals surface area (Å²) < 4.78 is 27.4. The lowest BCUT2D eigenvalue weighted by Gasteiger charge is -2.10. The zero-order valence-corrected chi connectivity index (χ0v) is 19.2. The summed E-state index contributed by atoms with van der Waals surface area (Å²) in [7, 11) is -3.75. The second-order valence-electron chi connectivity index (χ2n) is 6.80. The van der Waals surface area contributed by atoms with Crippen LogP contribution in [-0.2, 0) is 14.8 Å². The van der Waals surface area contributed by atoms with Crippen LogP contribution in [0.1, 0.15) is 12.8 Å². The molecule has 1 aromatic carbocycles. The lowest BCUT2D eigenvalue weighted by Crippen LogP contribution is -2.28. The molecule has 12 heteroatoms. The number of anilines is 4. The van der Waals surface area contributed by atoms with Crippen LogP contribution in [0.5, 0.6) is 0 Å². The first-order chi connectivity index (χ1) is 16.0. The first kappa shape index (κ1) is 24.2. The maximum absolute atomic E-state index is 12.5. The van der Waals surface area contributed by atoms with Crippen molar-refractivity contribution >= 4 is 50.8 Å². The van der Waals surface area contributed by atoms with Gasteiger partial charge in [-0.2, -0.15) is 4.98 Å². The molecule has 10 nitrogen and oxygen atoms in total. The summed E-state index contributed by atoms with van der Waals surface area (Å²) in [6.07, 6.45) is 4.14. The van der Waals surface area contributed by atoms with Crippen molar-refractivity contribution in [2.45, 2.75) is 17.7 Å². The molecule has 0 spiro atoms. The van der Waals surface area contributed by atoms with Crippen LogP contribution in [0.25, 0.3) is 0 Å². The van der Waals surface area contributed by atoms with Gasteiger partial charge in [0, 0.05) is 43.5 Å². The highest BCUT2D eigenvalue weighted by molar-refractivity contribution is 7.92. The summed E-state index contributed by atoms with van der Waals surface area (Å²) >= 11 is 5.57. The molecule has 3 rings (SSSR count). The van der Waals surface area contributed by atoms with Crippen LogP contribution >= 0.6 is 11.6 Å². The number of rotatable bonds is 12. The zero-order valence-electron chi connectivity index (χ0n) is 17.7. The van der Waals surface area contributed by atoms with Gasteiger partial charge in [0.1, 0.15) is 11.6 Å². The Hall–Kier alpha value is -3.44. The number of aromatic nitrogens is 3. The maximum atomic E-state index is 12.5. The van der Waals surface area contributed by atoms with E-state index in [-0.39, 0.29) is 16.6 Å². The average molecular weight is 490 g/mol. The molecule has 0 atom stereocenters. The van der Waals surface area contributed by atoms with Crippen molar-refractivity contribution in [2.24, 2.45) is 0 Å². The van der Waals surface area contributed by atoms with Crippen molar-refractivity contribution in [3.8, 4) is 0 Å². The van der Waals surface area contributed by atoms with E-state index in [2.05, 4.69) is 35.6 Å². The second-order valence-corrected chi connectivity index (χ2v) is 8.86. The maximum Gasteiger partial charge on any atom is 0.263 e. The molecule has 0 saturated heterocycles. The standard InChI is InChI=1S/C21H24ClN7O3S/c22-11-3-5-20(30)24-14-15-26-21-25-13-10-19(28-21)27-16-6-8-17(9-7-16)33(31,32)29-18-4-1-2-12-23-18/h1-2,4,6-10,12-13H,3,5,11,14-15H2,(H,23,29)(H,24,30)(H2,25,26,27,28). The Kier molecular flexibility index (Phi) is 8.79. The number of sulfonamides is 1. The van der Waals surface area contributed by atoms with Crippen LogP contribution in [0.15, 0.2) is 65.8 Å². The van der Waals surface area contributed by atoms with Gasteiger partial charge in [-0.15, -0.1) is 11.6 Å². The van der Waals surface area contributed by atoms with Crippen molar-refractivity contribution in [3.63, 3.8) is 0 Å². The number of nitrogens with one attached hydrogen (secondary N) is 4. The van der Waals surface area contributed by atoms with Crippen molar-refractivity contribution in [1.29, 1.82) is 0 Å². The van der Waals surface area contributed by atoms with E-state index in [1.807, 2.05) is 0 Å². The van der Waals surface area contributed by atoms with E-state index in [1.54, 1.807) is 42.6 Å². The molecule has 0 unspecified atom stereocenters. The molecule has 2 aromatic heterocycles. The van der Waals surface area contributed by atoms with Gasteiger partial charge >= 0.3 is 0 Å². The Morgan fingerprint density at radius 3 is 2.48 bits per heavy atom. The van der Waals surface area contributed by atoms with Gasteiger partial charge in [-0.1, -0.05) is 6.07 Å². The number of hydrogen-bond donors (Lipinski definition) is 4. The summed E-state index contributed by atoms with van der Waals surface area (Å²) in [5, 5.41) is 8.93. The minimum Gasteiger partial charge on any atom is -0.354 e. The predicted molar refractivity (Wildman–Crippen MR) is 128 cm³/mol. The highest BCUT2D eigenvalue weighted by atomic mass is 35.5. The number of benzene rings is 1. The number of hydrogen-bond acceptors (Lipinski definition) is 8. The summed E-state index contributed by atoms with van der Waals surface area (Å²) in [6, 6.07) is 12.9. The minimum absolute atomic E-state index is 0.0468. The second kappa shape index (κ2) is 12.0. The van der Waals surface area contributed by atoms with Gasteiger partial charge in [0.15, 0.2) is 0 Å². The summed E-state index contributed by atoms with van der Waals surface area (Å²) in [6.45, 7) is 0.899. The van der Waals surface area contributed by atoms with Crippen LogP contribution in [0.2, 0.25) is 0 Å². The van der Waals surface area contributed by atoms with Crippen LogP contribution in [-0.4, -0.2) is 48.2 Å². The Balaban J connectivity index is 1.53. The lowest BCUT2D eigenvalue weighted by molar-refractivity contribution is -0.121. The highest BCUT2D eigenvalue weighted by Gasteiger charge is 2.14. The molecule has 4 N–H and O–H groups in total. The van der Waals surface area contributed by atoms with Gasteiger partial charge in [-0.25, -0.2) is 18.4 Å². The zero-order chi connectivity index (χ0) is 23.5. The van der Waals surface area contributed by atoms with Crippen molar-refractivity contribution < 1.29 is 13.2 Å². The first-order valence-corrected chi connectivity index (χ1v) is 12.2. The number of carbonyl (C=O) groups excluding carboxylic acids is 1. The molecular formula is C21H24ClN7O3S. The molecule has 0 aliphatic heterocycles. The van der Waals surface area contributed by atoms with E-state index in [0.29, 0.717) is 49.3 Å². The van der Waals surface area contributed by atoms with Gasteiger partial charge in [-0.05, 0) is 48.9 Å². The predicted octanol–water partition coefficient (Wildman–Crippen LogP) is 2.96. The summed E-state index contributed by atoms with van der Waals surface area (Å²) in [5.74, 6) is 1.58. The third-order valence-corrected chi connectivity index (χ3v) is 5.90. The Labute approximate surface area is 197 Å². The van der Waals surface area contributed by atoms with Crippen molar-refractivity contribution in [2.75, 3.05) is 34.3 Å². The quantitative estimate of drug-likeness (QED) is 0.225. The van der Waals surface area contributed by atoms with Crippen LogP contribution in [0, 0.1) is 0 Å². The van der Waals surface area contributed by atoms with E-state index in [1.165, 1.54) is 18.3 Å². The monoisotopic (exact) mass is 489 g/mol. The molecule has 174 valence electrons. The molecule has 0 saturated carbocycles. The van der Waals surface area contributed by atoms with E-state index in [9.17, 15) is 13.2 Å². The van der Waals surface area contributed by atoms with Gasteiger partial charge in [0.25, 0.3) is 10.0 Å². The number of alkyl halides is 1. The SMILES string of the molecule is O=C(CCCCl)NCCNc1nccc(Nc2ccc(S(=O)(=O)Nc3ccccn3)cc2)n1. The topological polar surface area (TPSA) is 138 Å². The molecule has 0 aliphatic rings. The smallest absolute Gasteiger partial charge is 0.263 e. The van der Waals surface area contributed by atoms with Gasteiger partial charge in [0.2, 0.25) is 11.9 Å². The highest BCUT2D eigenvalue weighted by Crippen LogP contribution is 2.19. The average Bonchev–Trinajstić information content (AvgIpc) is 2.81. The summed E-state index contributed by atoms with van der Waals surface area (Å²) in [4.78, 5) is 24.1. The molecule has 0 radical (unpaired) electrons. The molecular weight excluding hydrogens is 466 g/mol. The number of amides is 1. The number of pyridine rings is 1. The molecule has 0 bridgehead atoms. The molecule has 3 aromatic rings. The van der Waals surface area contributed by atoms with Gasteiger partial charge < -0.3 is 16.0 Å². The lowest BCUT2D eigenvalue weighted by atomic mass is 10.3. The molecule has 0 aliphatic carbocycles. The third kappa shape index (κ3) is 7.88. The van der Waals surface area contributed by atoms with E-state index >= 15 is 0 Å². The van der Waals surface area contributed by atoms with Crippen LogP contribution in [0.4, 0.5) is 23.3 Å². The Morgan fingerprint density at radius 1 is 0.939 bits per heavy atom. The van der Waals surface area contributed by atoms with Crippen molar-refractivity contribution in [3.05, 3.63) is 60.9 Å². The van der Waals surface area contributed by atoms with E-state index in [4.69, 9.17) is 11.6 Å². The van der Waals surface area contributed by atoms with Crippen LogP contribution in [0.3, 0.4) is 0 Å². The minimum atomic E-state index is -3.75. The fraction of sp³-hybridized carbons (Fsp3) is 0.238. The first-order valence-electron chi connectivity index (χ1n) is 10.2. The Bertz CT molecular complexity index is 1150.